The fourth-order valence-corrected chi connectivity index (χ4v) is 4.23. The van der Waals surface area contributed by atoms with E-state index in [9.17, 15) is 0 Å². The van der Waals surface area contributed by atoms with Crippen LogP contribution in [-0.2, 0) is 13.5 Å². The Balaban J connectivity index is 2.01. The van der Waals surface area contributed by atoms with Gasteiger partial charge in [0.2, 0.25) is 0 Å². The number of nitriles is 1. The molecule has 0 unspecified atom stereocenters. The minimum atomic E-state index is 0.247. The average Bonchev–Trinajstić information content (AvgIpc) is 3.27. The summed E-state index contributed by atoms with van der Waals surface area (Å²) in [6.45, 7) is 10.0. The Labute approximate surface area is 213 Å². The number of benzene rings is 1. The monoisotopic (exact) mass is 490 g/mol. The second-order valence-electron chi connectivity index (χ2n) is 8.53. The van der Waals surface area contributed by atoms with E-state index in [-0.39, 0.29) is 5.11 Å². The largest absolute Gasteiger partial charge is 0.375 e. The van der Waals surface area contributed by atoms with Crippen LogP contribution in [0, 0.1) is 18.3 Å². The minimum Gasteiger partial charge on any atom is -0.375 e. The van der Waals surface area contributed by atoms with Gasteiger partial charge in [0.25, 0.3) is 0 Å². The van der Waals surface area contributed by atoms with Crippen molar-refractivity contribution in [1.82, 2.24) is 24.4 Å². The van der Waals surface area contributed by atoms with Crippen LogP contribution in [0.15, 0.2) is 35.8 Å². The number of thiocarbonyl (C=S) groups is 1. The third kappa shape index (κ3) is 6.62. The standard InChI is InChI=1S/C26H34N8S/c1-5-33(6-2)11-8-12-34(26(28)35)30-16-21-15-24(25-17-29-18-32(25)4)31-23-13-19(3)20(9-7-10-27)14-22(21)23/h13-18H,5-9,11-12H2,1-4H3,(H2,28,35)/b30-16+. The Hall–Kier alpha value is -3.35. The highest BCUT2D eigenvalue weighted by Gasteiger charge is 2.13. The molecular formula is C26H34N8S. The van der Waals surface area contributed by atoms with E-state index in [1.165, 1.54) is 0 Å². The third-order valence-electron chi connectivity index (χ3n) is 6.21. The highest BCUT2D eigenvalue weighted by atomic mass is 32.1. The Kier molecular flexibility index (Phi) is 9.29. The highest BCUT2D eigenvalue weighted by molar-refractivity contribution is 7.80. The zero-order valence-corrected chi connectivity index (χ0v) is 21.8. The predicted octanol–water partition coefficient (Wildman–Crippen LogP) is 4.01. The van der Waals surface area contributed by atoms with E-state index in [0.29, 0.717) is 19.4 Å². The van der Waals surface area contributed by atoms with Gasteiger partial charge in [-0.1, -0.05) is 13.8 Å². The van der Waals surface area contributed by atoms with Crippen molar-refractivity contribution in [2.45, 2.75) is 40.0 Å². The highest BCUT2D eigenvalue weighted by Crippen LogP contribution is 2.27. The fourth-order valence-electron chi connectivity index (χ4n) is 4.09. The quantitative estimate of drug-likeness (QED) is 0.246. The number of aryl methyl sites for hydroxylation is 3. The molecule has 0 atom stereocenters. The molecule has 35 heavy (non-hydrogen) atoms. The number of fused-ring (bicyclic) bond motifs is 1. The van der Waals surface area contributed by atoms with Crippen molar-refractivity contribution in [2.75, 3.05) is 26.2 Å². The molecule has 2 aromatic heterocycles. The van der Waals surface area contributed by atoms with E-state index in [2.05, 4.69) is 54.0 Å². The summed E-state index contributed by atoms with van der Waals surface area (Å²) in [6, 6.07) is 8.45. The summed E-state index contributed by atoms with van der Waals surface area (Å²) < 4.78 is 1.94. The van der Waals surface area contributed by atoms with Gasteiger partial charge < -0.3 is 15.2 Å². The van der Waals surface area contributed by atoms with Gasteiger partial charge in [0.05, 0.1) is 41.7 Å². The van der Waals surface area contributed by atoms with Crippen molar-refractivity contribution in [3.8, 4) is 17.5 Å². The van der Waals surface area contributed by atoms with Gasteiger partial charge in [-0.05, 0) is 80.9 Å². The molecule has 8 nitrogen and oxygen atoms in total. The summed E-state index contributed by atoms with van der Waals surface area (Å²) in [5, 5.41) is 16.6. The number of pyridine rings is 1. The maximum atomic E-state index is 9.06. The van der Waals surface area contributed by atoms with Crippen molar-refractivity contribution in [3.05, 3.63) is 47.4 Å². The number of imidazole rings is 1. The molecule has 0 aliphatic carbocycles. The smallest absolute Gasteiger partial charge is 0.186 e. The van der Waals surface area contributed by atoms with Gasteiger partial charge in [-0.25, -0.2) is 15.0 Å². The number of hydrogen-bond donors (Lipinski definition) is 1. The van der Waals surface area contributed by atoms with E-state index in [1.807, 2.05) is 23.9 Å². The molecule has 0 fully saturated rings. The SMILES string of the molecule is CCN(CC)CCCN(/N=C/c1cc(-c2cncn2C)nc2cc(C)c(CCC#N)cc12)C(N)=S. The van der Waals surface area contributed by atoms with E-state index in [1.54, 1.807) is 17.5 Å². The molecule has 0 radical (unpaired) electrons. The molecule has 0 aliphatic heterocycles. The number of aromatic nitrogens is 3. The Morgan fingerprint density at radius 3 is 2.66 bits per heavy atom. The number of hydrogen-bond acceptors (Lipinski definition) is 6. The lowest BCUT2D eigenvalue weighted by atomic mass is 9.98. The lowest BCUT2D eigenvalue weighted by molar-refractivity contribution is 0.284. The Bertz CT molecular complexity index is 1240. The van der Waals surface area contributed by atoms with Crippen LogP contribution in [0.2, 0.25) is 0 Å². The zero-order valence-electron chi connectivity index (χ0n) is 21.0. The van der Waals surface area contributed by atoms with E-state index in [0.717, 1.165) is 65.0 Å². The molecule has 0 spiro atoms. The van der Waals surface area contributed by atoms with Gasteiger partial charge in [-0.15, -0.1) is 0 Å². The van der Waals surface area contributed by atoms with Gasteiger partial charge in [0.1, 0.15) is 0 Å². The second kappa shape index (κ2) is 12.4. The van der Waals surface area contributed by atoms with Crippen LogP contribution in [-0.4, -0.2) is 61.9 Å². The van der Waals surface area contributed by atoms with Gasteiger partial charge >= 0.3 is 0 Å². The van der Waals surface area contributed by atoms with Crippen LogP contribution in [0.4, 0.5) is 0 Å². The molecule has 3 rings (SSSR count). The maximum absolute atomic E-state index is 9.06. The minimum absolute atomic E-state index is 0.247. The lowest BCUT2D eigenvalue weighted by Crippen LogP contribution is -2.34. The van der Waals surface area contributed by atoms with Crippen molar-refractivity contribution >= 4 is 34.4 Å². The van der Waals surface area contributed by atoms with Gasteiger partial charge in [0.15, 0.2) is 5.11 Å². The molecule has 2 N–H and O–H groups in total. The van der Waals surface area contributed by atoms with E-state index in [4.69, 9.17) is 28.2 Å². The van der Waals surface area contributed by atoms with Crippen molar-refractivity contribution in [2.24, 2.45) is 17.9 Å². The summed E-state index contributed by atoms with van der Waals surface area (Å²) in [5.41, 5.74) is 11.8. The Morgan fingerprint density at radius 2 is 2.03 bits per heavy atom. The molecule has 3 aromatic rings. The normalized spacial score (nSPS) is 11.4. The zero-order chi connectivity index (χ0) is 25.4. The van der Waals surface area contributed by atoms with Gasteiger partial charge in [0, 0.05) is 31.0 Å². The number of rotatable bonds is 11. The topological polar surface area (TPSA) is 99.4 Å². The third-order valence-corrected chi connectivity index (χ3v) is 6.42. The summed E-state index contributed by atoms with van der Waals surface area (Å²) in [5.74, 6) is 0. The molecule has 1 aromatic carbocycles. The van der Waals surface area contributed by atoms with Crippen molar-refractivity contribution in [3.63, 3.8) is 0 Å². The van der Waals surface area contributed by atoms with E-state index >= 15 is 0 Å². The van der Waals surface area contributed by atoms with Crippen LogP contribution in [0.5, 0.6) is 0 Å². The first kappa shape index (κ1) is 26.3. The predicted molar refractivity (Wildman–Crippen MR) is 146 cm³/mol. The van der Waals surface area contributed by atoms with Crippen molar-refractivity contribution < 1.29 is 0 Å². The summed E-state index contributed by atoms with van der Waals surface area (Å²) in [7, 11) is 1.95. The average molecular weight is 491 g/mol. The van der Waals surface area contributed by atoms with Crippen LogP contribution in [0.1, 0.15) is 43.4 Å². The van der Waals surface area contributed by atoms with Crippen LogP contribution >= 0.6 is 12.2 Å². The Morgan fingerprint density at radius 1 is 1.26 bits per heavy atom. The summed E-state index contributed by atoms with van der Waals surface area (Å²) in [4.78, 5) is 11.5. The molecule has 184 valence electrons. The van der Waals surface area contributed by atoms with Crippen molar-refractivity contribution in [1.29, 1.82) is 5.26 Å². The first-order valence-corrected chi connectivity index (χ1v) is 12.4. The maximum Gasteiger partial charge on any atom is 0.186 e. The molecule has 2 heterocycles. The molecule has 9 heteroatoms. The first-order chi connectivity index (χ1) is 16.9. The molecule has 0 saturated heterocycles. The van der Waals surface area contributed by atoms with E-state index < -0.39 is 0 Å². The summed E-state index contributed by atoms with van der Waals surface area (Å²) in [6.07, 6.45) is 7.45. The number of nitrogens with two attached hydrogens (primary N) is 1. The molecule has 0 saturated carbocycles. The summed E-state index contributed by atoms with van der Waals surface area (Å²) >= 11 is 5.28. The van der Waals surface area contributed by atoms with Crippen LogP contribution in [0.25, 0.3) is 22.3 Å². The van der Waals surface area contributed by atoms with Gasteiger partial charge in [-0.3, -0.25) is 0 Å². The van der Waals surface area contributed by atoms with Crippen LogP contribution < -0.4 is 5.73 Å². The fraction of sp³-hybridized carbons (Fsp3) is 0.423. The van der Waals surface area contributed by atoms with Gasteiger partial charge in [-0.2, -0.15) is 10.4 Å². The molecule has 0 bridgehead atoms. The number of nitrogens with zero attached hydrogens (tertiary/aromatic N) is 7. The first-order valence-electron chi connectivity index (χ1n) is 12.0. The number of hydrazone groups is 1. The molecule has 0 amide bonds. The van der Waals surface area contributed by atoms with Crippen LogP contribution in [0.3, 0.4) is 0 Å². The molecule has 0 aliphatic rings. The lowest BCUT2D eigenvalue weighted by Gasteiger charge is -2.21. The second-order valence-corrected chi connectivity index (χ2v) is 8.95. The molecular weight excluding hydrogens is 456 g/mol.